The minimum Gasteiger partial charge on any atom is -0.509 e. The van der Waals surface area contributed by atoms with E-state index < -0.39 is 34.9 Å². The number of hydrogen-bond acceptors (Lipinski definition) is 3. The van der Waals surface area contributed by atoms with Gasteiger partial charge >= 0.3 is 33.4 Å². The van der Waals surface area contributed by atoms with Crippen molar-refractivity contribution < 1.29 is 56.5 Å². The van der Waals surface area contributed by atoms with E-state index >= 15 is 0 Å². The second-order valence-corrected chi connectivity index (χ2v) is 11.4. The standard InChI is InChI=1S/C37H23F7N4O.Pt/c1-20-21(2)34(36(39,40)41)33(35(22(20)3)37(42,43)44)23-18-46-47(19-23)25-7-6-8-26(16-25)49-27-11-12-29-28-9-4-5-10-30(28)48(31(29)17-27)32-15-24(38)13-14-45-32;/h4-15,18-19H,1-3H3;/q-2;+2. The smallest absolute Gasteiger partial charge is 0.509 e. The van der Waals surface area contributed by atoms with E-state index in [1.165, 1.54) is 31.3 Å². The fraction of sp³-hybridized carbons (Fsp3) is 0.135. The van der Waals surface area contributed by atoms with Crippen molar-refractivity contribution in [1.82, 2.24) is 19.3 Å². The summed E-state index contributed by atoms with van der Waals surface area (Å²) in [5.41, 5.74) is -3.19. The van der Waals surface area contributed by atoms with Gasteiger partial charge in [0.15, 0.2) is 0 Å². The molecule has 13 heteroatoms. The number of nitrogens with zero attached hydrogens (tertiary/aromatic N) is 4. The zero-order valence-corrected chi connectivity index (χ0v) is 28.5. The predicted octanol–water partition coefficient (Wildman–Crippen LogP) is 10.5. The maximum Gasteiger partial charge on any atom is 2.00 e. The van der Waals surface area contributed by atoms with Gasteiger partial charge in [-0.25, -0.2) is 9.37 Å². The molecule has 3 aromatic heterocycles. The maximum absolute atomic E-state index is 14.3. The van der Waals surface area contributed by atoms with Crippen LogP contribution in [0.15, 0.2) is 85.3 Å². The van der Waals surface area contributed by atoms with Gasteiger partial charge in [0.2, 0.25) is 0 Å². The van der Waals surface area contributed by atoms with E-state index in [1.807, 2.05) is 30.3 Å². The molecule has 4 aromatic carbocycles. The first-order valence-corrected chi connectivity index (χ1v) is 14.8. The van der Waals surface area contributed by atoms with E-state index in [4.69, 9.17) is 4.74 Å². The molecule has 0 fully saturated rings. The Labute approximate surface area is 295 Å². The second kappa shape index (κ2) is 12.7. The van der Waals surface area contributed by atoms with Crippen LogP contribution < -0.4 is 4.74 Å². The number of rotatable bonds is 5. The molecule has 0 radical (unpaired) electrons. The Kier molecular flexibility index (Phi) is 8.88. The largest absolute Gasteiger partial charge is 2.00 e. The van der Waals surface area contributed by atoms with E-state index in [0.29, 0.717) is 11.3 Å². The van der Waals surface area contributed by atoms with Gasteiger partial charge in [-0.3, -0.25) is 4.68 Å². The number of alkyl halides is 6. The number of ether oxygens (including phenoxy) is 1. The van der Waals surface area contributed by atoms with Crippen molar-refractivity contribution in [1.29, 1.82) is 0 Å². The summed E-state index contributed by atoms with van der Waals surface area (Å²) in [5.74, 6) is 0.306. The number of para-hydroxylation sites is 1. The van der Waals surface area contributed by atoms with Crippen molar-refractivity contribution in [2.45, 2.75) is 33.1 Å². The van der Waals surface area contributed by atoms with Crippen LogP contribution in [0.25, 0.3) is 44.4 Å². The third-order valence-corrected chi connectivity index (χ3v) is 8.53. The van der Waals surface area contributed by atoms with Gasteiger partial charge in [0, 0.05) is 46.6 Å². The fourth-order valence-electron chi connectivity index (χ4n) is 6.17. The summed E-state index contributed by atoms with van der Waals surface area (Å²) < 4.78 is 109. The number of hydrogen-bond donors (Lipinski definition) is 0. The quantitative estimate of drug-likeness (QED) is 0.128. The average molecular weight is 868 g/mol. The molecular formula is C37H23F7N4OPt. The van der Waals surface area contributed by atoms with Gasteiger partial charge in [0.25, 0.3) is 0 Å². The second-order valence-electron chi connectivity index (χ2n) is 11.4. The van der Waals surface area contributed by atoms with Gasteiger partial charge in [-0.1, -0.05) is 23.7 Å². The summed E-state index contributed by atoms with van der Waals surface area (Å²) in [6, 6.07) is 24.5. The first-order chi connectivity index (χ1) is 23.2. The third kappa shape index (κ3) is 6.06. The number of fused-ring (bicyclic) bond motifs is 3. The Bertz CT molecular complexity index is 2370. The van der Waals surface area contributed by atoms with Crippen LogP contribution in [0.3, 0.4) is 0 Å². The molecule has 50 heavy (non-hydrogen) atoms. The summed E-state index contributed by atoms with van der Waals surface area (Å²) in [6.45, 7) is 3.57. The van der Waals surface area contributed by atoms with Crippen molar-refractivity contribution in [3.05, 3.63) is 131 Å². The minimum absolute atomic E-state index is 0. The molecule has 0 unspecified atom stereocenters. The van der Waals surface area contributed by atoms with Gasteiger partial charge in [-0.15, -0.1) is 35.7 Å². The maximum atomic E-state index is 14.3. The zero-order chi connectivity index (χ0) is 34.8. The summed E-state index contributed by atoms with van der Waals surface area (Å²) in [7, 11) is 0. The Morgan fingerprint density at radius 3 is 2.10 bits per heavy atom. The molecule has 7 rings (SSSR count). The molecule has 7 aromatic rings. The molecule has 0 bridgehead atoms. The van der Waals surface area contributed by atoms with E-state index in [2.05, 4.69) is 22.2 Å². The molecule has 3 heterocycles. The monoisotopic (exact) mass is 867 g/mol. The van der Waals surface area contributed by atoms with Gasteiger partial charge in [0.05, 0.1) is 17.3 Å². The van der Waals surface area contributed by atoms with Gasteiger partial charge in [0.1, 0.15) is 11.6 Å². The fourth-order valence-corrected chi connectivity index (χ4v) is 6.17. The van der Waals surface area contributed by atoms with Gasteiger partial charge < -0.3 is 9.30 Å². The first kappa shape index (κ1) is 34.9. The Morgan fingerprint density at radius 1 is 0.740 bits per heavy atom. The predicted molar refractivity (Wildman–Crippen MR) is 169 cm³/mol. The molecule has 0 saturated carbocycles. The van der Waals surface area contributed by atoms with Gasteiger partial charge in [-0.05, 0) is 60.7 Å². The molecule has 0 amide bonds. The summed E-state index contributed by atoms with van der Waals surface area (Å²) in [5, 5.41) is 5.80. The molecule has 0 N–H and O–H groups in total. The first-order valence-electron chi connectivity index (χ1n) is 14.8. The Hall–Kier alpha value is -4.96. The van der Waals surface area contributed by atoms with Crippen LogP contribution in [0.2, 0.25) is 0 Å². The molecule has 0 spiro atoms. The van der Waals surface area contributed by atoms with Crippen molar-refractivity contribution in [3.8, 4) is 34.1 Å². The molecule has 256 valence electrons. The molecule has 0 aliphatic carbocycles. The number of benzene rings is 4. The Morgan fingerprint density at radius 2 is 1.42 bits per heavy atom. The molecule has 0 atom stereocenters. The van der Waals surface area contributed by atoms with E-state index in [1.54, 1.807) is 22.8 Å². The van der Waals surface area contributed by atoms with Crippen LogP contribution in [-0.2, 0) is 33.4 Å². The van der Waals surface area contributed by atoms with Crippen LogP contribution in [0.5, 0.6) is 11.5 Å². The normalized spacial score (nSPS) is 12.0. The summed E-state index contributed by atoms with van der Waals surface area (Å²) in [4.78, 5) is 4.34. The van der Waals surface area contributed by atoms with E-state index in [0.717, 1.165) is 47.2 Å². The van der Waals surface area contributed by atoms with Crippen LogP contribution in [0, 0.1) is 38.7 Å². The topological polar surface area (TPSA) is 44.9 Å². The third-order valence-electron chi connectivity index (χ3n) is 8.53. The zero-order valence-electron chi connectivity index (χ0n) is 26.2. The number of halogens is 7. The molecule has 0 aliphatic rings. The summed E-state index contributed by atoms with van der Waals surface area (Å²) in [6.07, 6.45) is -6.69. The molecule has 5 nitrogen and oxygen atoms in total. The number of pyridine rings is 1. The van der Waals surface area contributed by atoms with Gasteiger partial charge in [-0.2, -0.15) is 43.6 Å². The number of aromatic nitrogens is 4. The Balaban J connectivity index is 0.00000432. The minimum atomic E-state index is -5.06. The van der Waals surface area contributed by atoms with Crippen molar-refractivity contribution in [3.63, 3.8) is 0 Å². The van der Waals surface area contributed by atoms with Crippen LogP contribution in [0.1, 0.15) is 27.8 Å². The van der Waals surface area contributed by atoms with Crippen LogP contribution in [-0.4, -0.2) is 19.3 Å². The van der Waals surface area contributed by atoms with E-state index in [9.17, 15) is 30.7 Å². The van der Waals surface area contributed by atoms with E-state index in [-0.39, 0.29) is 60.5 Å². The summed E-state index contributed by atoms with van der Waals surface area (Å²) >= 11 is 0. The van der Waals surface area contributed by atoms with Crippen molar-refractivity contribution in [2.75, 3.05) is 0 Å². The van der Waals surface area contributed by atoms with Crippen LogP contribution in [0.4, 0.5) is 30.7 Å². The molecule has 0 aliphatic heterocycles. The molecular weight excluding hydrogens is 844 g/mol. The SMILES string of the molecule is Cc1c(C)c(C(F)(F)F)c(-c2cnn(-c3[c-]c(Oc4[c-]c5c(cc4)c4ccccc4n5-c4cc(F)ccn4)ccc3)c2)c(C(F)(F)F)c1C.[Pt+2]. The average Bonchev–Trinajstić information content (AvgIpc) is 3.66. The van der Waals surface area contributed by atoms with Crippen molar-refractivity contribution >= 4 is 21.8 Å². The van der Waals surface area contributed by atoms with Crippen molar-refractivity contribution in [2.24, 2.45) is 0 Å². The van der Waals surface area contributed by atoms with Crippen LogP contribution >= 0.6 is 0 Å². The molecule has 0 saturated heterocycles.